The van der Waals surface area contributed by atoms with E-state index in [-0.39, 0.29) is 56.3 Å². The first-order valence-electron chi connectivity index (χ1n) is 18.9. The third-order valence-corrected chi connectivity index (χ3v) is 9.71. The number of anilines is 2. The standard InChI is InChI=1S/C30H43N3O9S.C9H20O/c1-19(34)20-15-21(18-31(17-20)28(37)42-29(2,3)4)26(35)33(22-9-10-22)23-11-12-25-24(16-23)32(27(36)30(5,6)41-25)13-8-14-40-43(7,38)39;1-5-10-7-9(4)6-8(2)3/h11-12,16,20-22H,8-10,13-15,17-18H2,1-7H3;8-9H,5-7H2,1-4H3. The first-order valence-corrected chi connectivity index (χ1v) is 20.7. The largest absolute Gasteiger partial charge is 0.476 e. The van der Waals surface area contributed by atoms with E-state index in [2.05, 4.69) is 20.8 Å². The minimum absolute atomic E-state index is 0.0495. The Morgan fingerprint density at radius 1 is 1.08 bits per heavy atom. The Bertz CT molecular complexity index is 1550. The van der Waals surface area contributed by atoms with Crippen LogP contribution in [0.4, 0.5) is 16.2 Å². The number of ketones is 1. The molecule has 3 amide bonds. The molecule has 2 fully saturated rings. The van der Waals surface area contributed by atoms with Gasteiger partial charge in [0.1, 0.15) is 17.1 Å². The Labute approximate surface area is 317 Å². The molecular weight excluding hydrogens is 703 g/mol. The second kappa shape index (κ2) is 18.4. The third kappa shape index (κ3) is 13.5. The second-order valence-corrected chi connectivity index (χ2v) is 18.2. The molecule has 3 unspecified atom stereocenters. The van der Waals surface area contributed by atoms with E-state index in [4.69, 9.17) is 18.4 Å². The van der Waals surface area contributed by atoms with E-state index in [0.717, 1.165) is 44.1 Å². The van der Waals surface area contributed by atoms with E-state index in [9.17, 15) is 27.6 Å². The lowest BCUT2D eigenvalue weighted by Gasteiger charge is -2.40. The Balaban J connectivity index is 0.000000661. The number of rotatable bonds is 14. The number of Topliss-reactive ketones (excluding diaryl/α,β-unsaturated/α-hetero) is 1. The van der Waals surface area contributed by atoms with Gasteiger partial charge in [0.15, 0.2) is 5.60 Å². The number of amides is 3. The quantitative estimate of drug-likeness (QED) is 0.158. The van der Waals surface area contributed by atoms with Gasteiger partial charge in [-0.25, -0.2) is 4.79 Å². The highest BCUT2D eigenvalue weighted by Crippen LogP contribution is 2.43. The van der Waals surface area contributed by atoms with Crippen LogP contribution in [0.25, 0.3) is 0 Å². The Hall–Kier alpha value is -3.23. The predicted molar refractivity (Wildman–Crippen MR) is 205 cm³/mol. The van der Waals surface area contributed by atoms with Crippen LogP contribution in [0.5, 0.6) is 5.75 Å². The van der Waals surface area contributed by atoms with Gasteiger partial charge in [0.2, 0.25) is 5.91 Å². The molecule has 0 N–H and O–H groups in total. The first-order chi connectivity index (χ1) is 24.5. The number of likely N-dealkylation sites (tertiary alicyclic amines) is 1. The predicted octanol–water partition coefficient (Wildman–Crippen LogP) is 6.22. The zero-order valence-electron chi connectivity index (χ0n) is 33.7. The summed E-state index contributed by atoms with van der Waals surface area (Å²) in [5.74, 6) is 0.294. The number of ether oxygens (including phenoxy) is 3. The van der Waals surface area contributed by atoms with Gasteiger partial charge in [0.25, 0.3) is 16.0 Å². The lowest BCUT2D eigenvalue weighted by molar-refractivity contribution is -0.132. The van der Waals surface area contributed by atoms with Crippen LogP contribution in [0.1, 0.15) is 101 Å². The molecule has 1 saturated heterocycles. The van der Waals surface area contributed by atoms with E-state index in [1.807, 2.05) is 6.92 Å². The van der Waals surface area contributed by atoms with Crippen molar-refractivity contribution in [3.05, 3.63) is 18.2 Å². The molecule has 0 spiro atoms. The fraction of sp³-hybridized carbons (Fsp3) is 0.744. The molecular formula is C39H63N3O10S. The monoisotopic (exact) mass is 765 g/mol. The van der Waals surface area contributed by atoms with Crippen molar-refractivity contribution >= 4 is 45.2 Å². The molecule has 2 aliphatic heterocycles. The van der Waals surface area contributed by atoms with Gasteiger partial charge in [0.05, 0.1) is 24.5 Å². The van der Waals surface area contributed by atoms with E-state index in [1.54, 1.807) is 62.6 Å². The van der Waals surface area contributed by atoms with Crippen LogP contribution in [0, 0.1) is 23.7 Å². The highest BCUT2D eigenvalue weighted by atomic mass is 32.2. The van der Waals surface area contributed by atoms with Crippen molar-refractivity contribution in [1.29, 1.82) is 0 Å². The molecule has 0 aromatic heterocycles. The molecule has 0 bridgehead atoms. The smallest absolute Gasteiger partial charge is 0.410 e. The average Bonchev–Trinajstić information content (AvgIpc) is 3.87. The Morgan fingerprint density at radius 2 is 1.72 bits per heavy atom. The van der Waals surface area contributed by atoms with Crippen LogP contribution in [-0.2, 0) is 38.2 Å². The summed E-state index contributed by atoms with van der Waals surface area (Å²) in [6.07, 6.45) is 3.88. The van der Waals surface area contributed by atoms with Gasteiger partial charge in [-0.2, -0.15) is 8.42 Å². The maximum atomic E-state index is 14.2. The number of hydrogen-bond donors (Lipinski definition) is 0. The molecule has 3 atom stereocenters. The summed E-state index contributed by atoms with van der Waals surface area (Å²) < 4.78 is 44.5. The molecule has 1 aromatic carbocycles. The van der Waals surface area contributed by atoms with Gasteiger partial charge in [0, 0.05) is 50.5 Å². The Morgan fingerprint density at radius 3 is 2.26 bits per heavy atom. The minimum Gasteiger partial charge on any atom is -0.476 e. The topological polar surface area (TPSA) is 149 Å². The lowest BCUT2D eigenvalue weighted by atomic mass is 9.86. The van der Waals surface area contributed by atoms with Crippen molar-refractivity contribution in [1.82, 2.24) is 4.90 Å². The van der Waals surface area contributed by atoms with Crippen LogP contribution in [-0.4, -0.2) is 100.0 Å². The molecule has 0 radical (unpaired) electrons. The van der Waals surface area contributed by atoms with E-state index in [1.165, 1.54) is 18.2 Å². The fourth-order valence-electron chi connectivity index (χ4n) is 6.65. The second-order valence-electron chi connectivity index (χ2n) is 16.6. The summed E-state index contributed by atoms with van der Waals surface area (Å²) in [5.41, 5.74) is -0.818. The van der Waals surface area contributed by atoms with Crippen molar-refractivity contribution in [3.8, 4) is 5.75 Å². The van der Waals surface area contributed by atoms with Crippen LogP contribution in [0.3, 0.4) is 0 Å². The van der Waals surface area contributed by atoms with Crippen LogP contribution in [0.15, 0.2) is 18.2 Å². The molecule has 1 saturated carbocycles. The third-order valence-electron chi connectivity index (χ3n) is 9.12. The molecule has 14 heteroatoms. The number of benzene rings is 1. The number of fused-ring (bicyclic) bond motifs is 1. The van der Waals surface area contributed by atoms with Gasteiger partial charge in [-0.05, 0) is 111 Å². The van der Waals surface area contributed by atoms with Crippen LogP contribution >= 0.6 is 0 Å². The highest BCUT2D eigenvalue weighted by molar-refractivity contribution is 7.85. The van der Waals surface area contributed by atoms with Gasteiger partial charge >= 0.3 is 6.09 Å². The SMILES string of the molecule is CC(=O)C1CC(C(=O)N(c2ccc3c(c2)N(CCCOS(C)(=O)=O)C(=O)C(C)(C)O3)C2CC2)CN(C(=O)OC(C)(C)C)C1.CCOCC(C)CC(C)C. The fourth-order valence-corrected chi connectivity index (χ4v) is 7.07. The molecule has 3 aliphatic rings. The van der Waals surface area contributed by atoms with Crippen molar-refractivity contribution < 1.29 is 46.0 Å². The van der Waals surface area contributed by atoms with Gasteiger partial charge in [-0.1, -0.05) is 20.8 Å². The molecule has 2 heterocycles. The zero-order chi connectivity index (χ0) is 39.9. The van der Waals surface area contributed by atoms with Gasteiger partial charge in [-0.15, -0.1) is 0 Å². The summed E-state index contributed by atoms with van der Waals surface area (Å²) in [7, 11) is -3.62. The van der Waals surface area contributed by atoms with Crippen LogP contribution < -0.4 is 14.5 Å². The lowest BCUT2D eigenvalue weighted by Crippen LogP contribution is -2.53. The minimum atomic E-state index is -3.62. The van der Waals surface area contributed by atoms with E-state index in [0.29, 0.717) is 23.5 Å². The highest BCUT2D eigenvalue weighted by Gasteiger charge is 2.44. The van der Waals surface area contributed by atoms with E-state index >= 15 is 0 Å². The maximum absolute atomic E-state index is 14.2. The van der Waals surface area contributed by atoms with Crippen molar-refractivity contribution in [2.75, 3.05) is 55.5 Å². The normalized spacial score (nSPS) is 20.5. The number of carbonyl (C=O) groups is 4. The number of nitrogens with zero attached hydrogens (tertiary/aromatic N) is 3. The summed E-state index contributed by atoms with van der Waals surface area (Å²) in [6.45, 7) is 21.1. The molecule has 1 aromatic rings. The summed E-state index contributed by atoms with van der Waals surface area (Å²) in [4.78, 5) is 57.7. The van der Waals surface area contributed by atoms with Gasteiger partial charge in [-0.3, -0.25) is 18.6 Å². The zero-order valence-corrected chi connectivity index (χ0v) is 34.5. The number of carbonyl (C=O) groups excluding carboxylic acids is 4. The molecule has 53 heavy (non-hydrogen) atoms. The summed E-state index contributed by atoms with van der Waals surface area (Å²) >= 11 is 0. The average molecular weight is 766 g/mol. The van der Waals surface area contributed by atoms with Gasteiger partial charge < -0.3 is 28.9 Å². The maximum Gasteiger partial charge on any atom is 0.410 e. The summed E-state index contributed by atoms with van der Waals surface area (Å²) in [6, 6.07) is 5.20. The number of hydrogen-bond acceptors (Lipinski definition) is 10. The summed E-state index contributed by atoms with van der Waals surface area (Å²) in [5, 5.41) is 0. The molecule has 1 aliphatic carbocycles. The van der Waals surface area contributed by atoms with E-state index < -0.39 is 39.2 Å². The molecule has 13 nitrogen and oxygen atoms in total. The van der Waals surface area contributed by atoms with Crippen LogP contribution in [0.2, 0.25) is 0 Å². The van der Waals surface area contributed by atoms with Crippen molar-refractivity contribution in [2.24, 2.45) is 23.7 Å². The van der Waals surface area contributed by atoms with Crippen molar-refractivity contribution in [3.63, 3.8) is 0 Å². The number of piperidine rings is 1. The van der Waals surface area contributed by atoms with Crippen molar-refractivity contribution in [2.45, 2.75) is 119 Å². The first kappa shape index (κ1) is 44.2. The molecule has 300 valence electrons. The Kier molecular flexibility index (Phi) is 15.3. The molecule has 4 rings (SSSR count).